The van der Waals surface area contributed by atoms with Gasteiger partial charge in [-0.05, 0) is 36.4 Å². The molecule has 1 nitrogen and oxygen atoms in total. The third-order valence-electron chi connectivity index (χ3n) is 2.36. The number of benzene rings is 1. The first-order valence-corrected chi connectivity index (χ1v) is 7.29. The lowest BCUT2D eigenvalue weighted by molar-refractivity contribution is 0.574. The lowest BCUT2D eigenvalue weighted by atomic mass is 10.2. The summed E-state index contributed by atoms with van der Waals surface area (Å²) in [6, 6.07) is 8.08. The fraction of sp³-hybridized carbons (Fsp3) is 0.538. The number of nitrogens with one attached hydrogen (secondary N) is 1. The second-order valence-electron chi connectivity index (χ2n) is 4.02. The fourth-order valence-electron chi connectivity index (χ4n) is 1.44. The fourth-order valence-corrected chi connectivity index (χ4v) is 2.83. The molecule has 16 heavy (non-hydrogen) atoms. The van der Waals surface area contributed by atoms with Gasteiger partial charge in [0.1, 0.15) is 0 Å². The molecule has 90 valence electrons. The highest BCUT2D eigenvalue weighted by Crippen LogP contribution is 2.21. The lowest BCUT2D eigenvalue weighted by Gasteiger charge is -2.11. The molecule has 0 aliphatic carbocycles. The normalized spacial score (nSPS) is 12.7. The number of halogens is 1. The molecule has 0 amide bonds. The van der Waals surface area contributed by atoms with E-state index in [0.717, 1.165) is 23.9 Å². The van der Waals surface area contributed by atoms with Crippen molar-refractivity contribution < 1.29 is 0 Å². The molecule has 1 aromatic carbocycles. The van der Waals surface area contributed by atoms with Crippen LogP contribution < -0.4 is 5.32 Å². The summed E-state index contributed by atoms with van der Waals surface area (Å²) >= 11 is 8.05. The first-order chi connectivity index (χ1) is 7.74. The van der Waals surface area contributed by atoms with Gasteiger partial charge in [-0.25, -0.2) is 0 Å². The highest BCUT2D eigenvalue weighted by Gasteiger charge is 2.03. The third-order valence-corrected chi connectivity index (χ3v) is 4.05. The average Bonchev–Trinajstić information content (AvgIpc) is 2.29. The average molecular weight is 258 g/mol. The Bertz CT molecular complexity index is 304. The molecule has 0 fully saturated rings. The van der Waals surface area contributed by atoms with E-state index >= 15 is 0 Å². The molecule has 0 heterocycles. The molecule has 1 N–H and O–H groups in total. The van der Waals surface area contributed by atoms with Crippen LogP contribution in [0.5, 0.6) is 0 Å². The van der Waals surface area contributed by atoms with E-state index in [0.29, 0.717) is 5.92 Å². The van der Waals surface area contributed by atoms with E-state index in [-0.39, 0.29) is 0 Å². The maximum Gasteiger partial charge on any atom is 0.0446 e. The molecule has 0 radical (unpaired) electrons. The minimum atomic E-state index is 0.715. The predicted molar refractivity (Wildman–Crippen MR) is 75.3 cm³/mol. The summed E-state index contributed by atoms with van der Waals surface area (Å²) in [7, 11) is 0. The van der Waals surface area contributed by atoms with Crippen molar-refractivity contribution in [3.05, 3.63) is 34.9 Å². The summed E-state index contributed by atoms with van der Waals surface area (Å²) in [4.78, 5) is 0. The van der Waals surface area contributed by atoms with Crippen LogP contribution in [-0.4, -0.2) is 18.8 Å². The topological polar surface area (TPSA) is 12.0 Å². The van der Waals surface area contributed by atoms with E-state index in [2.05, 4.69) is 25.2 Å². The van der Waals surface area contributed by atoms with Gasteiger partial charge in [0.2, 0.25) is 0 Å². The minimum Gasteiger partial charge on any atom is -0.317 e. The Balaban J connectivity index is 2.23. The summed E-state index contributed by atoms with van der Waals surface area (Å²) in [5.41, 5.74) is 1.24. The van der Waals surface area contributed by atoms with Crippen molar-refractivity contribution in [3.8, 4) is 0 Å². The zero-order chi connectivity index (χ0) is 11.8. The molecular formula is C13H20ClNS. The summed E-state index contributed by atoms with van der Waals surface area (Å²) in [6.45, 7) is 6.58. The Morgan fingerprint density at radius 2 is 2.12 bits per heavy atom. The van der Waals surface area contributed by atoms with Crippen LogP contribution in [-0.2, 0) is 5.75 Å². The van der Waals surface area contributed by atoms with E-state index in [1.807, 2.05) is 30.0 Å². The van der Waals surface area contributed by atoms with Gasteiger partial charge in [0.05, 0.1) is 0 Å². The Morgan fingerprint density at radius 1 is 1.38 bits per heavy atom. The van der Waals surface area contributed by atoms with Gasteiger partial charge in [-0.2, -0.15) is 11.8 Å². The molecular weight excluding hydrogens is 238 g/mol. The monoisotopic (exact) mass is 257 g/mol. The van der Waals surface area contributed by atoms with Gasteiger partial charge in [-0.1, -0.05) is 43.6 Å². The van der Waals surface area contributed by atoms with E-state index in [1.165, 1.54) is 11.3 Å². The first kappa shape index (κ1) is 13.9. The summed E-state index contributed by atoms with van der Waals surface area (Å²) in [6.07, 6.45) is 0. The van der Waals surface area contributed by atoms with Crippen LogP contribution >= 0.6 is 23.4 Å². The quantitative estimate of drug-likeness (QED) is 0.797. The van der Waals surface area contributed by atoms with Crippen LogP contribution in [0.2, 0.25) is 5.02 Å². The second kappa shape index (κ2) is 7.99. The molecule has 0 aromatic heterocycles. The maximum atomic E-state index is 6.10. The van der Waals surface area contributed by atoms with Crippen LogP contribution in [0.25, 0.3) is 0 Å². The zero-order valence-corrected chi connectivity index (χ0v) is 11.6. The number of rotatable bonds is 7. The van der Waals surface area contributed by atoms with Gasteiger partial charge in [0.15, 0.2) is 0 Å². The second-order valence-corrected chi connectivity index (χ2v) is 5.46. The molecule has 1 rings (SSSR count). The van der Waals surface area contributed by atoms with Crippen LogP contribution in [0.15, 0.2) is 24.3 Å². The van der Waals surface area contributed by atoms with Crippen molar-refractivity contribution >= 4 is 23.4 Å². The molecule has 1 unspecified atom stereocenters. The molecule has 0 bridgehead atoms. The Hall–Kier alpha value is -0.180. The highest BCUT2D eigenvalue weighted by atomic mass is 35.5. The van der Waals surface area contributed by atoms with Crippen molar-refractivity contribution in [1.29, 1.82) is 0 Å². The molecule has 0 aliphatic rings. The SMILES string of the molecule is CCNCC(C)CSCc1ccccc1Cl. The number of thioether (sulfide) groups is 1. The Morgan fingerprint density at radius 3 is 2.81 bits per heavy atom. The number of hydrogen-bond donors (Lipinski definition) is 1. The van der Waals surface area contributed by atoms with Crippen LogP contribution in [0.1, 0.15) is 19.4 Å². The van der Waals surface area contributed by atoms with Crippen molar-refractivity contribution in [3.63, 3.8) is 0 Å². The highest BCUT2D eigenvalue weighted by molar-refractivity contribution is 7.98. The largest absolute Gasteiger partial charge is 0.317 e. The molecule has 0 saturated carbocycles. The van der Waals surface area contributed by atoms with Gasteiger partial charge in [0, 0.05) is 10.8 Å². The van der Waals surface area contributed by atoms with Gasteiger partial charge in [-0.3, -0.25) is 0 Å². The molecule has 3 heteroatoms. The van der Waals surface area contributed by atoms with Crippen molar-refractivity contribution in [2.75, 3.05) is 18.8 Å². The minimum absolute atomic E-state index is 0.715. The van der Waals surface area contributed by atoms with E-state index in [1.54, 1.807) is 0 Å². The molecule has 0 spiro atoms. The summed E-state index contributed by atoms with van der Waals surface area (Å²) in [5, 5.41) is 4.25. The van der Waals surface area contributed by atoms with E-state index < -0.39 is 0 Å². The van der Waals surface area contributed by atoms with Crippen LogP contribution in [0, 0.1) is 5.92 Å². The molecule has 1 aromatic rings. The van der Waals surface area contributed by atoms with Crippen molar-refractivity contribution in [1.82, 2.24) is 5.32 Å². The summed E-state index contributed by atoms with van der Waals surface area (Å²) < 4.78 is 0. The molecule has 0 saturated heterocycles. The smallest absolute Gasteiger partial charge is 0.0446 e. The predicted octanol–water partition coefficient (Wildman–Crippen LogP) is 3.82. The molecule has 1 atom stereocenters. The van der Waals surface area contributed by atoms with Gasteiger partial charge in [0.25, 0.3) is 0 Å². The Kier molecular flexibility index (Phi) is 6.93. The maximum absolute atomic E-state index is 6.10. The standard InChI is InChI=1S/C13H20ClNS/c1-3-15-8-11(2)9-16-10-12-6-4-5-7-13(12)14/h4-7,11,15H,3,8-10H2,1-2H3. The van der Waals surface area contributed by atoms with Gasteiger partial charge >= 0.3 is 0 Å². The van der Waals surface area contributed by atoms with E-state index in [4.69, 9.17) is 11.6 Å². The van der Waals surface area contributed by atoms with Crippen LogP contribution in [0.3, 0.4) is 0 Å². The van der Waals surface area contributed by atoms with E-state index in [9.17, 15) is 0 Å². The lowest BCUT2D eigenvalue weighted by Crippen LogP contribution is -2.21. The molecule has 0 aliphatic heterocycles. The first-order valence-electron chi connectivity index (χ1n) is 5.76. The van der Waals surface area contributed by atoms with Crippen molar-refractivity contribution in [2.24, 2.45) is 5.92 Å². The zero-order valence-electron chi connectivity index (χ0n) is 10.0. The van der Waals surface area contributed by atoms with Crippen LogP contribution in [0.4, 0.5) is 0 Å². The summed E-state index contributed by atoms with van der Waals surface area (Å²) in [5.74, 6) is 2.90. The Labute approximate surface area is 108 Å². The van der Waals surface area contributed by atoms with Crippen molar-refractivity contribution in [2.45, 2.75) is 19.6 Å². The third kappa shape index (κ3) is 5.24. The number of hydrogen-bond acceptors (Lipinski definition) is 2. The van der Waals surface area contributed by atoms with Gasteiger partial charge in [-0.15, -0.1) is 0 Å². The van der Waals surface area contributed by atoms with Gasteiger partial charge < -0.3 is 5.32 Å².